The SMILES string of the molecule is CC1CNCCC1c1cc2c(cc1-c1ccccc1F)OCC1=NNC(=O)CN12. The number of benzene rings is 2. The highest BCUT2D eigenvalue weighted by Crippen LogP contribution is 2.45. The van der Waals surface area contributed by atoms with E-state index in [4.69, 9.17) is 4.74 Å². The van der Waals surface area contributed by atoms with Crippen molar-refractivity contribution in [3.05, 3.63) is 47.8 Å². The van der Waals surface area contributed by atoms with Crippen LogP contribution in [0.3, 0.4) is 0 Å². The highest BCUT2D eigenvalue weighted by Gasteiger charge is 2.33. The van der Waals surface area contributed by atoms with Crippen molar-refractivity contribution in [1.82, 2.24) is 10.7 Å². The molecule has 1 fully saturated rings. The van der Waals surface area contributed by atoms with E-state index in [1.165, 1.54) is 6.07 Å². The number of nitrogens with zero attached hydrogens (tertiary/aromatic N) is 2. The van der Waals surface area contributed by atoms with Gasteiger partial charge in [0, 0.05) is 5.56 Å². The van der Waals surface area contributed by atoms with Gasteiger partial charge in [-0.05, 0) is 60.7 Å². The topological polar surface area (TPSA) is 66.0 Å². The zero-order chi connectivity index (χ0) is 20.0. The first-order chi connectivity index (χ1) is 14.1. The molecule has 0 bridgehead atoms. The fraction of sp³-hybridized carbons (Fsp3) is 0.364. The van der Waals surface area contributed by atoms with Gasteiger partial charge in [-0.15, -0.1) is 0 Å². The Kier molecular flexibility index (Phi) is 4.47. The van der Waals surface area contributed by atoms with Gasteiger partial charge in [0.2, 0.25) is 0 Å². The summed E-state index contributed by atoms with van der Waals surface area (Å²) in [5.41, 5.74) is 5.87. The zero-order valence-electron chi connectivity index (χ0n) is 16.2. The van der Waals surface area contributed by atoms with Crippen LogP contribution >= 0.6 is 0 Å². The van der Waals surface area contributed by atoms with Crippen molar-refractivity contribution in [2.75, 3.05) is 31.1 Å². The number of nitrogens with one attached hydrogen (secondary N) is 2. The standard InChI is InChI=1S/C22H23FN4O2/c1-13-10-24-7-6-14(13)16-8-19-20(9-17(16)15-4-2-3-5-18(15)23)29-12-21-25-26-22(28)11-27(19)21/h2-5,8-9,13-14,24H,6-7,10-12H2,1H3,(H,26,28). The van der Waals surface area contributed by atoms with Crippen molar-refractivity contribution in [1.29, 1.82) is 0 Å². The Labute approximate surface area is 168 Å². The summed E-state index contributed by atoms with van der Waals surface area (Å²) >= 11 is 0. The maximum absolute atomic E-state index is 14.7. The van der Waals surface area contributed by atoms with Crippen LogP contribution < -0.4 is 20.4 Å². The highest BCUT2D eigenvalue weighted by atomic mass is 19.1. The molecule has 1 saturated heterocycles. The van der Waals surface area contributed by atoms with Gasteiger partial charge in [-0.2, -0.15) is 5.10 Å². The second-order valence-electron chi connectivity index (χ2n) is 7.90. The quantitative estimate of drug-likeness (QED) is 0.822. The van der Waals surface area contributed by atoms with E-state index in [0.717, 1.165) is 36.3 Å². The number of rotatable bonds is 2. The first-order valence-electron chi connectivity index (χ1n) is 10.0. The Balaban J connectivity index is 1.69. The Hall–Kier alpha value is -2.93. The summed E-state index contributed by atoms with van der Waals surface area (Å²) in [5, 5.41) is 7.57. The number of carbonyl (C=O) groups excluding carboxylic acids is 1. The third kappa shape index (κ3) is 3.15. The number of hydrogen-bond donors (Lipinski definition) is 2. The van der Waals surface area contributed by atoms with Gasteiger partial charge in [0.05, 0.1) is 5.69 Å². The fourth-order valence-corrected chi connectivity index (χ4v) is 4.54. The zero-order valence-corrected chi connectivity index (χ0v) is 16.2. The molecule has 2 N–H and O–H groups in total. The molecule has 29 heavy (non-hydrogen) atoms. The minimum atomic E-state index is -0.245. The number of ether oxygens (including phenoxy) is 1. The van der Waals surface area contributed by atoms with Gasteiger partial charge in [0.25, 0.3) is 5.91 Å². The summed E-state index contributed by atoms with van der Waals surface area (Å²) in [6.07, 6.45) is 0.976. The molecule has 1 amide bonds. The molecular weight excluding hydrogens is 371 g/mol. The Morgan fingerprint density at radius 2 is 2.10 bits per heavy atom. The molecule has 6 nitrogen and oxygen atoms in total. The molecule has 7 heteroatoms. The second kappa shape index (κ2) is 7.15. The molecule has 2 unspecified atom stereocenters. The molecule has 3 aliphatic heterocycles. The van der Waals surface area contributed by atoms with Crippen LogP contribution in [0.4, 0.5) is 10.1 Å². The van der Waals surface area contributed by atoms with Crippen LogP contribution in [0, 0.1) is 11.7 Å². The monoisotopic (exact) mass is 394 g/mol. The summed E-state index contributed by atoms with van der Waals surface area (Å²) < 4.78 is 20.7. The van der Waals surface area contributed by atoms with E-state index in [1.807, 2.05) is 23.1 Å². The number of amidine groups is 1. The van der Waals surface area contributed by atoms with Crippen molar-refractivity contribution < 1.29 is 13.9 Å². The molecule has 2 aromatic carbocycles. The van der Waals surface area contributed by atoms with Crippen LogP contribution in [0.5, 0.6) is 5.75 Å². The third-order valence-corrected chi connectivity index (χ3v) is 6.05. The van der Waals surface area contributed by atoms with Crippen LogP contribution in [0.15, 0.2) is 41.5 Å². The van der Waals surface area contributed by atoms with Gasteiger partial charge in [-0.3, -0.25) is 4.79 Å². The van der Waals surface area contributed by atoms with E-state index >= 15 is 0 Å². The number of fused-ring (bicyclic) bond motifs is 3. The van der Waals surface area contributed by atoms with Crippen molar-refractivity contribution in [3.63, 3.8) is 0 Å². The smallest absolute Gasteiger partial charge is 0.260 e. The first-order valence-corrected chi connectivity index (χ1v) is 10.0. The van der Waals surface area contributed by atoms with E-state index in [0.29, 0.717) is 23.1 Å². The molecular formula is C22H23FN4O2. The van der Waals surface area contributed by atoms with E-state index in [1.54, 1.807) is 6.07 Å². The molecule has 0 spiro atoms. The predicted octanol–water partition coefficient (Wildman–Crippen LogP) is 2.85. The lowest BCUT2D eigenvalue weighted by atomic mass is 9.78. The fourth-order valence-electron chi connectivity index (χ4n) is 4.54. The predicted molar refractivity (Wildman–Crippen MR) is 110 cm³/mol. The summed E-state index contributed by atoms with van der Waals surface area (Å²) in [5.74, 6) is 1.64. The van der Waals surface area contributed by atoms with Gasteiger partial charge >= 0.3 is 0 Å². The molecule has 0 aliphatic carbocycles. The Bertz CT molecular complexity index is 1010. The second-order valence-corrected chi connectivity index (χ2v) is 7.90. The van der Waals surface area contributed by atoms with Crippen LogP contribution in [-0.4, -0.2) is 38.0 Å². The number of anilines is 1. The number of piperidine rings is 1. The summed E-state index contributed by atoms with van der Waals surface area (Å²) in [6.45, 7) is 4.55. The summed E-state index contributed by atoms with van der Waals surface area (Å²) in [6, 6.07) is 10.9. The Morgan fingerprint density at radius 3 is 2.93 bits per heavy atom. The molecule has 3 heterocycles. The average Bonchev–Trinajstić information content (AvgIpc) is 2.73. The largest absolute Gasteiger partial charge is 0.483 e. The molecule has 3 aliphatic rings. The third-order valence-electron chi connectivity index (χ3n) is 6.05. The minimum absolute atomic E-state index is 0.156. The number of hydrogen-bond acceptors (Lipinski definition) is 5. The van der Waals surface area contributed by atoms with Crippen molar-refractivity contribution >= 4 is 17.4 Å². The number of carbonyl (C=O) groups is 1. The maximum atomic E-state index is 14.7. The number of amides is 1. The van der Waals surface area contributed by atoms with E-state index in [2.05, 4.69) is 28.8 Å². The average molecular weight is 394 g/mol. The lowest BCUT2D eigenvalue weighted by Crippen LogP contribution is -2.49. The number of hydrazone groups is 1. The van der Waals surface area contributed by atoms with Gasteiger partial charge in [0.15, 0.2) is 5.84 Å². The molecule has 5 rings (SSSR count). The van der Waals surface area contributed by atoms with Gasteiger partial charge in [0.1, 0.15) is 24.7 Å². The number of halogens is 1. The molecule has 0 aromatic heterocycles. The van der Waals surface area contributed by atoms with Crippen LogP contribution in [0.25, 0.3) is 11.1 Å². The van der Waals surface area contributed by atoms with Gasteiger partial charge < -0.3 is 15.0 Å². The summed E-state index contributed by atoms with van der Waals surface area (Å²) in [4.78, 5) is 13.8. The first kappa shape index (κ1) is 18.1. The minimum Gasteiger partial charge on any atom is -0.483 e. The van der Waals surface area contributed by atoms with Crippen LogP contribution in [0.2, 0.25) is 0 Å². The van der Waals surface area contributed by atoms with Crippen LogP contribution in [-0.2, 0) is 4.79 Å². The van der Waals surface area contributed by atoms with Gasteiger partial charge in [-0.25, -0.2) is 9.82 Å². The molecule has 150 valence electrons. The molecule has 0 saturated carbocycles. The van der Waals surface area contributed by atoms with E-state index in [9.17, 15) is 9.18 Å². The van der Waals surface area contributed by atoms with Crippen molar-refractivity contribution in [2.24, 2.45) is 11.0 Å². The maximum Gasteiger partial charge on any atom is 0.260 e. The highest BCUT2D eigenvalue weighted by molar-refractivity contribution is 6.08. The lowest BCUT2D eigenvalue weighted by molar-refractivity contribution is -0.119. The lowest BCUT2D eigenvalue weighted by Gasteiger charge is -2.37. The van der Waals surface area contributed by atoms with E-state index < -0.39 is 0 Å². The molecule has 2 atom stereocenters. The van der Waals surface area contributed by atoms with E-state index in [-0.39, 0.29) is 30.8 Å². The van der Waals surface area contributed by atoms with Crippen molar-refractivity contribution in [3.8, 4) is 16.9 Å². The normalized spacial score (nSPS) is 23.4. The van der Waals surface area contributed by atoms with Crippen molar-refractivity contribution in [2.45, 2.75) is 19.3 Å². The molecule has 2 aromatic rings. The molecule has 0 radical (unpaired) electrons. The van der Waals surface area contributed by atoms with Crippen LogP contribution in [0.1, 0.15) is 24.8 Å². The summed E-state index contributed by atoms with van der Waals surface area (Å²) in [7, 11) is 0. The Morgan fingerprint density at radius 1 is 1.24 bits per heavy atom. The van der Waals surface area contributed by atoms with Gasteiger partial charge in [-0.1, -0.05) is 25.1 Å².